The van der Waals surface area contributed by atoms with Gasteiger partial charge in [0.25, 0.3) is 5.91 Å². The van der Waals surface area contributed by atoms with Crippen molar-refractivity contribution >= 4 is 17.2 Å². The van der Waals surface area contributed by atoms with E-state index in [-0.39, 0.29) is 11.7 Å². The first kappa shape index (κ1) is 16.7. The Labute approximate surface area is 151 Å². The average Bonchev–Trinajstić information content (AvgIpc) is 3.03. The second kappa shape index (κ2) is 6.87. The fourth-order valence-electron chi connectivity index (χ4n) is 4.24. The SMILES string of the molecule is Cc1nc(-c2ccc(F)cc2)sc1C(=O)N1CC[C@@H]2CCCC[C@@H]2C1. The molecule has 0 spiro atoms. The van der Waals surface area contributed by atoms with Crippen molar-refractivity contribution < 1.29 is 9.18 Å². The van der Waals surface area contributed by atoms with E-state index < -0.39 is 0 Å². The topological polar surface area (TPSA) is 33.2 Å². The van der Waals surface area contributed by atoms with Gasteiger partial charge in [-0.15, -0.1) is 11.3 Å². The van der Waals surface area contributed by atoms with Crippen molar-refractivity contribution in [1.82, 2.24) is 9.88 Å². The van der Waals surface area contributed by atoms with Gasteiger partial charge in [0.2, 0.25) is 0 Å². The summed E-state index contributed by atoms with van der Waals surface area (Å²) >= 11 is 1.42. The number of carbonyl (C=O) groups excluding carboxylic acids is 1. The van der Waals surface area contributed by atoms with E-state index in [9.17, 15) is 9.18 Å². The Morgan fingerprint density at radius 3 is 2.64 bits per heavy atom. The molecule has 0 bridgehead atoms. The number of thiazole rings is 1. The fourth-order valence-corrected chi connectivity index (χ4v) is 5.28. The predicted molar refractivity (Wildman–Crippen MR) is 98.2 cm³/mol. The van der Waals surface area contributed by atoms with Gasteiger partial charge in [-0.2, -0.15) is 0 Å². The van der Waals surface area contributed by atoms with Crippen molar-refractivity contribution in [2.24, 2.45) is 11.8 Å². The van der Waals surface area contributed by atoms with Crippen molar-refractivity contribution in [3.05, 3.63) is 40.7 Å². The van der Waals surface area contributed by atoms with Gasteiger partial charge in [-0.3, -0.25) is 4.79 Å². The number of hydrogen-bond acceptors (Lipinski definition) is 3. The summed E-state index contributed by atoms with van der Waals surface area (Å²) < 4.78 is 13.1. The maximum atomic E-state index is 13.1. The van der Waals surface area contributed by atoms with Crippen molar-refractivity contribution in [2.75, 3.05) is 13.1 Å². The van der Waals surface area contributed by atoms with Crippen LogP contribution in [0.25, 0.3) is 10.6 Å². The lowest BCUT2D eigenvalue weighted by Gasteiger charge is -2.41. The largest absolute Gasteiger partial charge is 0.338 e. The molecule has 1 saturated heterocycles. The Hall–Kier alpha value is -1.75. The molecule has 0 radical (unpaired) electrons. The number of hydrogen-bond donors (Lipinski definition) is 0. The third-order valence-corrected chi connectivity index (χ3v) is 6.85. The van der Waals surface area contributed by atoms with E-state index in [0.717, 1.165) is 46.6 Å². The third-order valence-electron chi connectivity index (χ3n) is 5.66. The van der Waals surface area contributed by atoms with Gasteiger partial charge in [-0.1, -0.05) is 19.3 Å². The standard InChI is InChI=1S/C20H23FN2OS/c1-13-18(25-19(22-13)15-6-8-17(21)9-7-15)20(24)23-11-10-14-4-2-3-5-16(14)12-23/h6-9,14,16H,2-5,10-12H2,1H3/t14-,16+/m0/s1. The second-order valence-electron chi connectivity index (χ2n) is 7.28. The van der Waals surface area contributed by atoms with Crippen molar-refractivity contribution in [1.29, 1.82) is 0 Å². The van der Waals surface area contributed by atoms with Crippen LogP contribution in [0.15, 0.2) is 24.3 Å². The van der Waals surface area contributed by atoms with Crippen LogP contribution in [-0.4, -0.2) is 28.9 Å². The zero-order valence-corrected chi connectivity index (χ0v) is 15.3. The number of aryl methyl sites for hydroxylation is 1. The molecular formula is C20H23FN2OS. The number of halogens is 1. The lowest BCUT2D eigenvalue weighted by Crippen LogP contribution is -2.44. The molecule has 1 aliphatic heterocycles. The van der Waals surface area contributed by atoms with Gasteiger partial charge in [0.1, 0.15) is 15.7 Å². The van der Waals surface area contributed by atoms with E-state index in [2.05, 4.69) is 4.98 Å². The number of piperidine rings is 1. The molecule has 2 fully saturated rings. The lowest BCUT2D eigenvalue weighted by atomic mass is 9.75. The molecule has 1 saturated carbocycles. The summed E-state index contributed by atoms with van der Waals surface area (Å²) in [5.41, 5.74) is 1.64. The molecule has 2 aliphatic rings. The number of amides is 1. The average molecular weight is 358 g/mol. The molecule has 2 aromatic rings. The molecule has 2 heterocycles. The summed E-state index contributed by atoms with van der Waals surface area (Å²) in [4.78, 5) is 20.3. The van der Waals surface area contributed by atoms with Crippen molar-refractivity contribution in [3.8, 4) is 10.6 Å². The summed E-state index contributed by atoms with van der Waals surface area (Å²) in [6.45, 7) is 3.65. The Balaban J connectivity index is 1.53. The molecule has 2 atom stereocenters. The van der Waals surface area contributed by atoms with Gasteiger partial charge in [-0.05, 0) is 55.9 Å². The van der Waals surface area contributed by atoms with Crippen LogP contribution in [0.5, 0.6) is 0 Å². The summed E-state index contributed by atoms with van der Waals surface area (Å²) in [6, 6.07) is 6.30. The molecule has 1 aliphatic carbocycles. The predicted octanol–water partition coefficient (Wildman–Crippen LogP) is 4.91. The maximum Gasteiger partial charge on any atom is 0.265 e. The molecule has 5 heteroatoms. The van der Waals surface area contributed by atoms with Gasteiger partial charge in [-0.25, -0.2) is 9.37 Å². The Bertz CT molecular complexity index is 771. The molecule has 25 heavy (non-hydrogen) atoms. The highest BCUT2D eigenvalue weighted by atomic mass is 32.1. The Morgan fingerprint density at radius 1 is 1.16 bits per heavy atom. The van der Waals surface area contributed by atoms with Crippen molar-refractivity contribution in [2.45, 2.75) is 39.0 Å². The van der Waals surface area contributed by atoms with Crippen LogP contribution in [0.4, 0.5) is 4.39 Å². The minimum Gasteiger partial charge on any atom is -0.338 e. The summed E-state index contributed by atoms with van der Waals surface area (Å²) in [6.07, 6.45) is 6.39. The number of benzene rings is 1. The second-order valence-corrected chi connectivity index (χ2v) is 8.28. The Kier molecular flexibility index (Phi) is 4.59. The highest BCUT2D eigenvalue weighted by Crippen LogP contribution is 2.37. The first-order valence-corrected chi connectivity index (χ1v) is 9.96. The minimum atomic E-state index is -0.260. The van der Waals surface area contributed by atoms with E-state index >= 15 is 0 Å². The third kappa shape index (κ3) is 3.34. The normalized spacial score (nSPS) is 23.4. The van der Waals surface area contributed by atoms with Gasteiger partial charge in [0.05, 0.1) is 5.69 Å². The maximum absolute atomic E-state index is 13.1. The van der Waals surface area contributed by atoms with Gasteiger partial charge < -0.3 is 4.90 Å². The van der Waals surface area contributed by atoms with E-state index in [0.29, 0.717) is 5.92 Å². The molecule has 3 nitrogen and oxygen atoms in total. The van der Waals surface area contributed by atoms with Crippen LogP contribution in [0.3, 0.4) is 0 Å². The van der Waals surface area contributed by atoms with Gasteiger partial charge >= 0.3 is 0 Å². The summed E-state index contributed by atoms with van der Waals surface area (Å²) in [5, 5.41) is 0.786. The molecule has 1 aromatic heterocycles. The first-order chi connectivity index (χ1) is 12.1. The molecular weight excluding hydrogens is 335 g/mol. The van der Waals surface area contributed by atoms with Gasteiger partial charge in [0, 0.05) is 18.7 Å². The molecule has 0 N–H and O–H groups in total. The number of rotatable bonds is 2. The van der Waals surface area contributed by atoms with Crippen molar-refractivity contribution in [3.63, 3.8) is 0 Å². The van der Waals surface area contributed by atoms with Crippen LogP contribution in [0, 0.1) is 24.6 Å². The fraction of sp³-hybridized carbons (Fsp3) is 0.500. The molecule has 4 rings (SSSR count). The molecule has 132 valence electrons. The minimum absolute atomic E-state index is 0.118. The van der Waals surface area contributed by atoms with E-state index in [1.165, 1.54) is 49.2 Å². The van der Waals surface area contributed by atoms with E-state index in [4.69, 9.17) is 0 Å². The number of nitrogens with zero attached hydrogens (tertiary/aromatic N) is 2. The number of aromatic nitrogens is 1. The molecule has 1 aromatic carbocycles. The number of likely N-dealkylation sites (tertiary alicyclic amines) is 1. The summed E-state index contributed by atoms with van der Waals surface area (Å²) in [7, 11) is 0. The highest BCUT2D eigenvalue weighted by molar-refractivity contribution is 7.17. The molecule has 1 amide bonds. The first-order valence-electron chi connectivity index (χ1n) is 9.14. The highest BCUT2D eigenvalue weighted by Gasteiger charge is 2.34. The van der Waals surface area contributed by atoms with Crippen LogP contribution in [0.1, 0.15) is 47.5 Å². The van der Waals surface area contributed by atoms with Crippen LogP contribution < -0.4 is 0 Å². The monoisotopic (exact) mass is 358 g/mol. The van der Waals surface area contributed by atoms with Gasteiger partial charge in [0.15, 0.2) is 0 Å². The van der Waals surface area contributed by atoms with E-state index in [1.54, 1.807) is 12.1 Å². The van der Waals surface area contributed by atoms with Crippen LogP contribution >= 0.6 is 11.3 Å². The summed E-state index contributed by atoms with van der Waals surface area (Å²) in [5.74, 6) is 1.35. The number of carbonyl (C=O) groups is 1. The quantitative estimate of drug-likeness (QED) is 0.764. The van der Waals surface area contributed by atoms with Crippen LogP contribution in [-0.2, 0) is 0 Å². The zero-order valence-electron chi connectivity index (χ0n) is 14.5. The molecule has 0 unspecified atom stereocenters. The smallest absolute Gasteiger partial charge is 0.265 e. The Morgan fingerprint density at radius 2 is 1.88 bits per heavy atom. The van der Waals surface area contributed by atoms with E-state index in [1.807, 2.05) is 11.8 Å². The number of fused-ring (bicyclic) bond motifs is 1. The zero-order chi connectivity index (χ0) is 17.4. The lowest BCUT2D eigenvalue weighted by molar-refractivity contribution is 0.0524. The van der Waals surface area contributed by atoms with Crippen LogP contribution in [0.2, 0.25) is 0 Å².